The fraction of sp³-hybridized carbons (Fsp3) is 0.227. The monoisotopic (exact) mass is 468 g/mol. The summed E-state index contributed by atoms with van der Waals surface area (Å²) in [4.78, 5) is 29.0. The predicted molar refractivity (Wildman–Crippen MR) is 120 cm³/mol. The van der Waals surface area contributed by atoms with Crippen molar-refractivity contribution in [2.75, 3.05) is 18.0 Å². The number of anilines is 1. The van der Waals surface area contributed by atoms with Crippen LogP contribution in [0.15, 0.2) is 48.7 Å². The van der Waals surface area contributed by atoms with Crippen molar-refractivity contribution in [2.45, 2.75) is 19.4 Å². The normalized spacial score (nSPS) is 15.1. The van der Waals surface area contributed by atoms with Crippen molar-refractivity contribution in [3.05, 3.63) is 70.0 Å². The highest BCUT2D eigenvalue weighted by atomic mass is 35.5. The van der Waals surface area contributed by atoms with Crippen LogP contribution in [-0.2, 0) is 16.0 Å². The summed E-state index contributed by atoms with van der Waals surface area (Å²) in [6.45, 7) is 1.73. The van der Waals surface area contributed by atoms with Crippen molar-refractivity contribution in [1.29, 1.82) is 5.26 Å². The van der Waals surface area contributed by atoms with Gasteiger partial charge in [0.2, 0.25) is 11.8 Å². The molecule has 0 saturated carbocycles. The van der Waals surface area contributed by atoms with E-state index >= 15 is 0 Å². The minimum atomic E-state index is -0.231. The van der Waals surface area contributed by atoms with E-state index in [4.69, 9.17) is 28.5 Å². The second-order valence-corrected chi connectivity index (χ2v) is 8.31. The molecule has 162 valence electrons. The SMILES string of the molecule is CC(Cc1ccc(C#N)cc1)N1CC(=O)N(c2cc(Cl)ccc2-n2cc(Cl)nn2)CC1=O. The fourth-order valence-corrected chi connectivity index (χ4v) is 3.98. The molecule has 3 aromatic rings. The Morgan fingerprint density at radius 3 is 2.47 bits per heavy atom. The average Bonchev–Trinajstić information content (AvgIpc) is 3.21. The summed E-state index contributed by atoms with van der Waals surface area (Å²) in [6, 6.07) is 14.1. The molecule has 2 amide bonds. The van der Waals surface area contributed by atoms with Crippen molar-refractivity contribution in [1.82, 2.24) is 19.9 Å². The topological polar surface area (TPSA) is 95.1 Å². The number of rotatable bonds is 5. The number of nitriles is 1. The Morgan fingerprint density at radius 1 is 1.06 bits per heavy atom. The van der Waals surface area contributed by atoms with Crippen LogP contribution in [0.25, 0.3) is 5.69 Å². The summed E-state index contributed by atoms with van der Waals surface area (Å²) >= 11 is 12.1. The van der Waals surface area contributed by atoms with Crippen LogP contribution >= 0.6 is 23.2 Å². The third kappa shape index (κ3) is 4.44. The molecule has 8 nitrogen and oxygen atoms in total. The van der Waals surface area contributed by atoms with Gasteiger partial charge in [-0.1, -0.05) is 40.5 Å². The summed E-state index contributed by atoms with van der Waals surface area (Å²) in [6.07, 6.45) is 2.08. The van der Waals surface area contributed by atoms with Gasteiger partial charge in [-0.05, 0) is 49.2 Å². The number of amides is 2. The molecule has 1 fully saturated rings. The molecular formula is C22H18Cl2N6O2. The molecule has 1 atom stereocenters. The van der Waals surface area contributed by atoms with Gasteiger partial charge in [0.25, 0.3) is 0 Å². The molecule has 0 aliphatic carbocycles. The summed E-state index contributed by atoms with van der Waals surface area (Å²) in [5.74, 6) is -0.403. The number of carbonyl (C=O) groups excluding carboxylic acids is 2. The standard InChI is InChI=1S/C22H18Cl2N6O2/c1-14(8-15-2-4-16(10-25)5-3-15)28-12-22(32)29(13-21(28)31)19-9-17(23)6-7-18(19)30-11-20(24)26-27-30/h2-7,9,11,14H,8,12-13H2,1H3. The maximum absolute atomic E-state index is 13.1. The average molecular weight is 469 g/mol. The van der Waals surface area contributed by atoms with Gasteiger partial charge in [-0.2, -0.15) is 5.26 Å². The van der Waals surface area contributed by atoms with Crippen LogP contribution in [0, 0.1) is 11.3 Å². The van der Waals surface area contributed by atoms with Crippen molar-refractivity contribution >= 4 is 40.7 Å². The zero-order valence-electron chi connectivity index (χ0n) is 17.1. The lowest BCUT2D eigenvalue weighted by atomic mass is 10.0. The molecule has 0 radical (unpaired) electrons. The first-order chi connectivity index (χ1) is 15.4. The van der Waals surface area contributed by atoms with Crippen LogP contribution in [-0.4, -0.2) is 50.8 Å². The second kappa shape index (κ2) is 8.99. The summed E-state index contributed by atoms with van der Waals surface area (Å²) in [7, 11) is 0. The third-order valence-corrected chi connectivity index (χ3v) is 5.72. The van der Waals surface area contributed by atoms with E-state index in [1.165, 1.54) is 15.8 Å². The molecule has 32 heavy (non-hydrogen) atoms. The summed E-state index contributed by atoms with van der Waals surface area (Å²) in [5, 5.41) is 17.3. The largest absolute Gasteiger partial charge is 0.329 e. The van der Waals surface area contributed by atoms with E-state index in [0.717, 1.165) is 5.56 Å². The molecule has 2 heterocycles. The number of aromatic nitrogens is 3. The molecule has 2 aromatic carbocycles. The Morgan fingerprint density at radius 2 is 1.81 bits per heavy atom. The maximum atomic E-state index is 13.1. The highest BCUT2D eigenvalue weighted by Gasteiger charge is 2.34. The fourth-order valence-electron chi connectivity index (χ4n) is 3.69. The van der Waals surface area contributed by atoms with Crippen LogP contribution in [0.3, 0.4) is 0 Å². The third-order valence-electron chi connectivity index (χ3n) is 5.31. The number of piperazine rings is 1. The van der Waals surface area contributed by atoms with Crippen LogP contribution in [0.4, 0.5) is 5.69 Å². The first-order valence-electron chi connectivity index (χ1n) is 9.82. The van der Waals surface area contributed by atoms with E-state index in [-0.39, 0.29) is 36.1 Å². The molecule has 0 N–H and O–H groups in total. The molecule has 1 aliphatic heterocycles. The van der Waals surface area contributed by atoms with Gasteiger partial charge in [0.15, 0.2) is 5.15 Å². The van der Waals surface area contributed by atoms with Gasteiger partial charge < -0.3 is 4.90 Å². The van der Waals surface area contributed by atoms with E-state index in [1.807, 2.05) is 19.1 Å². The first kappa shape index (κ1) is 21.8. The van der Waals surface area contributed by atoms with Crippen molar-refractivity contribution in [2.24, 2.45) is 0 Å². The van der Waals surface area contributed by atoms with E-state index in [2.05, 4.69) is 16.4 Å². The van der Waals surface area contributed by atoms with Gasteiger partial charge in [-0.15, -0.1) is 5.10 Å². The molecule has 0 spiro atoms. The molecule has 1 unspecified atom stereocenters. The van der Waals surface area contributed by atoms with Gasteiger partial charge in [0.1, 0.15) is 13.1 Å². The number of carbonyl (C=O) groups is 2. The van der Waals surface area contributed by atoms with E-state index in [9.17, 15) is 9.59 Å². The minimum absolute atomic E-state index is 0.0552. The number of nitrogens with zero attached hydrogens (tertiary/aromatic N) is 6. The highest BCUT2D eigenvalue weighted by Crippen LogP contribution is 2.30. The Kier molecular flexibility index (Phi) is 6.12. The molecule has 1 aliphatic rings. The van der Waals surface area contributed by atoms with Crippen LogP contribution in [0.2, 0.25) is 10.2 Å². The zero-order valence-corrected chi connectivity index (χ0v) is 18.6. The molecule has 1 saturated heterocycles. The van der Waals surface area contributed by atoms with Crippen molar-refractivity contribution in [3.8, 4) is 11.8 Å². The number of hydrogen-bond acceptors (Lipinski definition) is 5. The summed E-state index contributed by atoms with van der Waals surface area (Å²) in [5.41, 5.74) is 2.55. The number of benzene rings is 2. The predicted octanol–water partition coefficient (Wildman–Crippen LogP) is 3.25. The minimum Gasteiger partial charge on any atom is -0.329 e. The number of halogens is 2. The van der Waals surface area contributed by atoms with Gasteiger partial charge in [-0.3, -0.25) is 14.5 Å². The number of hydrogen-bond donors (Lipinski definition) is 0. The highest BCUT2D eigenvalue weighted by molar-refractivity contribution is 6.31. The lowest BCUT2D eigenvalue weighted by molar-refractivity contribution is -0.140. The quantitative estimate of drug-likeness (QED) is 0.572. The molecule has 0 bridgehead atoms. The van der Waals surface area contributed by atoms with Crippen molar-refractivity contribution in [3.63, 3.8) is 0 Å². The Bertz CT molecular complexity index is 1220. The lowest BCUT2D eigenvalue weighted by Gasteiger charge is -2.38. The van der Waals surface area contributed by atoms with E-state index in [0.29, 0.717) is 28.4 Å². The van der Waals surface area contributed by atoms with E-state index in [1.54, 1.807) is 35.2 Å². The molecular weight excluding hydrogens is 451 g/mol. The zero-order chi connectivity index (χ0) is 22.8. The second-order valence-electron chi connectivity index (χ2n) is 7.48. The first-order valence-corrected chi connectivity index (χ1v) is 10.6. The Labute approximate surface area is 194 Å². The van der Waals surface area contributed by atoms with Gasteiger partial charge >= 0.3 is 0 Å². The van der Waals surface area contributed by atoms with Crippen LogP contribution in [0.1, 0.15) is 18.1 Å². The Balaban J connectivity index is 1.54. The summed E-state index contributed by atoms with van der Waals surface area (Å²) < 4.78 is 1.44. The molecule has 1 aromatic heterocycles. The van der Waals surface area contributed by atoms with Gasteiger partial charge in [-0.25, -0.2) is 4.68 Å². The molecule has 4 rings (SSSR count). The van der Waals surface area contributed by atoms with Gasteiger partial charge in [0.05, 0.1) is 29.2 Å². The van der Waals surface area contributed by atoms with Gasteiger partial charge in [0, 0.05) is 11.1 Å². The Hall–Kier alpha value is -3.41. The van der Waals surface area contributed by atoms with Crippen molar-refractivity contribution < 1.29 is 9.59 Å². The van der Waals surface area contributed by atoms with E-state index < -0.39 is 0 Å². The van der Waals surface area contributed by atoms with Crippen LogP contribution in [0.5, 0.6) is 0 Å². The lowest BCUT2D eigenvalue weighted by Crippen LogP contribution is -2.57. The van der Waals surface area contributed by atoms with Crippen LogP contribution < -0.4 is 4.90 Å². The smallest absolute Gasteiger partial charge is 0.247 e. The maximum Gasteiger partial charge on any atom is 0.247 e. The molecule has 10 heteroatoms.